The molecule has 1 heterocycles. The molecule has 0 aromatic rings. The average Bonchev–Trinajstić information content (AvgIpc) is 2.80. The van der Waals surface area contributed by atoms with Gasteiger partial charge in [0.05, 0.1) is 5.60 Å². The Hall–Kier alpha value is -0.120. The van der Waals surface area contributed by atoms with Gasteiger partial charge in [-0.05, 0) is 32.2 Å². The van der Waals surface area contributed by atoms with E-state index in [4.69, 9.17) is 5.73 Å². The van der Waals surface area contributed by atoms with Crippen LogP contribution in [0.2, 0.25) is 0 Å². The zero-order valence-corrected chi connectivity index (χ0v) is 10.5. The van der Waals surface area contributed by atoms with Crippen LogP contribution in [0.4, 0.5) is 0 Å². The number of hydrogen-bond acceptors (Lipinski definition) is 3. The van der Waals surface area contributed by atoms with Crippen molar-refractivity contribution in [1.82, 2.24) is 4.90 Å². The second kappa shape index (κ2) is 4.63. The summed E-state index contributed by atoms with van der Waals surface area (Å²) in [4.78, 5) is 2.42. The van der Waals surface area contributed by atoms with Gasteiger partial charge in [0.2, 0.25) is 0 Å². The van der Waals surface area contributed by atoms with Gasteiger partial charge < -0.3 is 15.7 Å². The van der Waals surface area contributed by atoms with E-state index in [1.807, 2.05) is 0 Å². The molecule has 1 aliphatic carbocycles. The van der Waals surface area contributed by atoms with Crippen molar-refractivity contribution in [3.8, 4) is 0 Å². The maximum absolute atomic E-state index is 10.9. The summed E-state index contributed by atoms with van der Waals surface area (Å²) in [5, 5.41) is 10.9. The Bertz CT molecular complexity index is 228. The molecule has 0 amide bonds. The number of piperidine rings is 1. The number of likely N-dealkylation sites (tertiary alicyclic amines) is 1. The van der Waals surface area contributed by atoms with Crippen molar-refractivity contribution in [1.29, 1.82) is 0 Å². The molecule has 3 nitrogen and oxygen atoms in total. The molecule has 2 rings (SSSR count). The molecule has 0 unspecified atom stereocenters. The van der Waals surface area contributed by atoms with E-state index in [1.165, 1.54) is 12.8 Å². The number of nitrogens with zero attached hydrogens (tertiary/aromatic N) is 1. The molecular weight excluding hydrogens is 200 g/mol. The minimum atomic E-state index is -0.482. The lowest BCUT2D eigenvalue weighted by molar-refractivity contribution is -0.115. The van der Waals surface area contributed by atoms with Crippen molar-refractivity contribution < 1.29 is 5.11 Å². The highest BCUT2D eigenvalue weighted by Crippen LogP contribution is 2.49. The minimum Gasteiger partial charge on any atom is -0.389 e. The molecule has 2 fully saturated rings. The zero-order valence-electron chi connectivity index (χ0n) is 10.5. The molecule has 0 atom stereocenters. The van der Waals surface area contributed by atoms with E-state index in [0.29, 0.717) is 6.54 Å². The van der Waals surface area contributed by atoms with Crippen LogP contribution >= 0.6 is 0 Å². The van der Waals surface area contributed by atoms with E-state index in [2.05, 4.69) is 11.8 Å². The van der Waals surface area contributed by atoms with Crippen LogP contribution in [0, 0.1) is 5.41 Å². The average molecular weight is 226 g/mol. The zero-order chi connectivity index (χ0) is 11.6. The molecule has 1 saturated heterocycles. The van der Waals surface area contributed by atoms with E-state index >= 15 is 0 Å². The predicted octanol–water partition coefficient (Wildman–Crippen LogP) is 1.35. The second-order valence-electron chi connectivity index (χ2n) is 5.66. The first-order valence-electron chi connectivity index (χ1n) is 6.81. The Morgan fingerprint density at radius 2 is 1.69 bits per heavy atom. The molecule has 1 saturated carbocycles. The fraction of sp³-hybridized carbons (Fsp3) is 1.00. The smallest absolute Gasteiger partial charge is 0.0740 e. The summed E-state index contributed by atoms with van der Waals surface area (Å²) in [6.07, 6.45) is 6.59. The largest absolute Gasteiger partial charge is 0.389 e. The summed E-state index contributed by atoms with van der Waals surface area (Å²) in [7, 11) is 0. The van der Waals surface area contributed by atoms with Gasteiger partial charge in [-0.25, -0.2) is 0 Å². The maximum Gasteiger partial charge on any atom is 0.0740 e. The lowest BCUT2D eigenvalue weighted by Crippen LogP contribution is -2.56. The third-order valence-electron chi connectivity index (χ3n) is 5.07. The summed E-state index contributed by atoms with van der Waals surface area (Å²) in [6, 6.07) is 0. The lowest BCUT2D eigenvalue weighted by atomic mass is 9.66. The van der Waals surface area contributed by atoms with Crippen LogP contribution in [-0.2, 0) is 0 Å². The first kappa shape index (κ1) is 12.3. The van der Waals surface area contributed by atoms with Crippen molar-refractivity contribution in [3.63, 3.8) is 0 Å². The number of nitrogens with two attached hydrogens (primary N) is 1. The highest BCUT2D eigenvalue weighted by atomic mass is 16.3. The van der Waals surface area contributed by atoms with Crippen LogP contribution in [0.5, 0.6) is 0 Å². The maximum atomic E-state index is 10.9. The van der Waals surface area contributed by atoms with E-state index in [0.717, 1.165) is 45.3 Å². The predicted molar refractivity (Wildman–Crippen MR) is 66.3 cm³/mol. The Labute approximate surface area is 99.0 Å². The van der Waals surface area contributed by atoms with Gasteiger partial charge in [-0.15, -0.1) is 0 Å². The molecule has 16 heavy (non-hydrogen) atoms. The van der Waals surface area contributed by atoms with Crippen LogP contribution in [0.1, 0.15) is 45.4 Å². The molecule has 0 radical (unpaired) electrons. The van der Waals surface area contributed by atoms with Crippen molar-refractivity contribution in [2.75, 3.05) is 26.2 Å². The first-order valence-corrected chi connectivity index (χ1v) is 6.81. The van der Waals surface area contributed by atoms with Crippen LogP contribution in [0.3, 0.4) is 0 Å². The molecular formula is C13H26N2O. The molecule has 3 N–H and O–H groups in total. The molecule has 2 aliphatic rings. The summed E-state index contributed by atoms with van der Waals surface area (Å²) >= 11 is 0. The third kappa shape index (κ3) is 1.89. The van der Waals surface area contributed by atoms with Gasteiger partial charge in [0.1, 0.15) is 0 Å². The van der Waals surface area contributed by atoms with Crippen LogP contribution in [0.25, 0.3) is 0 Å². The number of rotatable bonds is 3. The van der Waals surface area contributed by atoms with Gasteiger partial charge in [0, 0.05) is 25.0 Å². The molecule has 1 aliphatic heterocycles. The molecule has 0 bridgehead atoms. The highest BCUT2D eigenvalue weighted by molar-refractivity contribution is 5.04. The molecule has 0 spiro atoms. The van der Waals surface area contributed by atoms with Crippen molar-refractivity contribution >= 4 is 0 Å². The van der Waals surface area contributed by atoms with Crippen molar-refractivity contribution in [2.24, 2.45) is 11.1 Å². The van der Waals surface area contributed by atoms with E-state index in [1.54, 1.807) is 0 Å². The van der Waals surface area contributed by atoms with Gasteiger partial charge in [-0.3, -0.25) is 0 Å². The second-order valence-corrected chi connectivity index (χ2v) is 5.66. The summed E-state index contributed by atoms with van der Waals surface area (Å²) in [5.41, 5.74) is 5.53. The molecule has 0 aromatic heterocycles. The Morgan fingerprint density at radius 1 is 1.12 bits per heavy atom. The Balaban J connectivity index is 2.07. The monoisotopic (exact) mass is 226 g/mol. The molecule has 94 valence electrons. The quantitative estimate of drug-likeness (QED) is 0.764. The van der Waals surface area contributed by atoms with Gasteiger partial charge in [-0.1, -0.05) is 19.8 Å². The van der Waals surface area contributed by atoms with Crippen LogP contribution < -0.4 is 5.73 Å². The number of aliphatic hydroxyl groups is 1. The fourth-order valence-electron chi connectivity index (χ4n) is 3.68. The first-order chi connectivity index (χ1) is 7.66. The van der Waals surface area contributed by atoms with Gasteiger partial charge in [0.25, 0.3) is 0 Å². The van der Waals surface area contributed by atoms with E-state index in [-0.39, 0.29) is 5.41 Å². The fourth-order valence-corrected chi connectivity index (χ4v) is 3.68. The standard InChI is InChI=1S/C13H26N2O/c1-2-15-9-7-13(16,8-10-15)12(11-14)5-3-4-6-12/h16H,2-11,14H2,1H3. The van der Waals surface area contributed by atoms with Crippen molar-refractivity contribution in [2.45, 2.75) is 51.0 Å². The Morgan fingerprint density at radius 3 is 2.12 bits per heavy atom. The normalized spacial score (nSPS) is 29.4. The van der Waals surface area contributed by atoms with Crippen LogP contribution in [-0.4, -0.2) is 41.8 Å². The summed E-state index contributed by atoms with van der Waals surface area (Å²) in [5.74, 6) is 0. The van der Waals surface area contributed by atoms with Crippen LogP contribution in [0.15, 0.2) is 0 Å². The summed E-state index contributed by atoms with van der Waals surface area (Å²) < 4.78 is 0. The van der Waals surface area contributed by atoms with Crippen molar-refractivity contribution in [3.05, 3.63) is 0 Å². The van der Waals surface area contributed by atoms with Gasteiger partial charge >= 0.3 is 0 Å². The molecule has 3 heteroatoms. The Kier molecular flexibility index (Phi) is 3.57. The third-order valence-corrected chi connectivity index (χ3v) is 5.07. The highest BCUT2D eigenvalue weighted by Gasteiger charge is 2.51. The lowest BCUT2D eigenvalue weighted by Gasteiger charge is -2.49. The van der Waals surface area contributed by atoms with Gasteiger partial charge in [-0.2, -0.15) is 0 Å². The van der Waals surface area contributed by atoms with E-state index < -0.39 is 5.60 Å². The minimum absolute atomic E-state index is 0.0346. The number of hydrogen-bond donors (Lipinski definition) is 2. The molecule has 0 aromatic carbocycles. The topological polar surface area (TPSA) is 49.5 Å². The summed E-state index contributed by atoms with van der Waals surface area (Å²) in [6.45, 7) is 6.03. The van der Waals surface area contributed by atoms with Gasteiger partial charge in [0.15, 0.2) is 0 Å². The SMILES string of the molecule is CCN1CCC(O)(C2(CN)CCCC2)CC1. The van der Waals surface area contributed by atoms with E-state index in [9.17, 15) is 5.11 Å².